The molecule has 0 amide bonds. The van der Waals surface area contributed by atoms with Crippen molar-refractivity contribution < 1.29 is 0 Å². The highest BCUT2D eigenvalue weighted by atomic mass is 14.3. The number of hydrogen-bond acceptors (Lipinski definition) is 0. The molecule has 2 atom stereocenters. The van der Waals surface area contributed by atoms with Crippen LogP contribution in [0.3, 0.4) is 0 Å². The van der Waals surface area contributed by atoms with Crippen molar-refractivity contribution in [2.75, 3.05) is 0 Å². The molecule has 2 unspecified atom stereocenters. The standard InChI is InChI=1S/C12H23/c1-4-5-9-12-10(2)7-6-8-11(12)3/h4,10-12H,5-9H2,1-3H3. The smallest absolute Gasteiger partial charge is 0.0363 e. The molecule has 0 aromatic rings. The van der Waals surface area contributed by atoms with E-state index in [2.05, 4.69) is 27.2 Å². The van der Waals surface area contributed by atoms with Gasteiger partial charge in [-0.05, 0) is 30.6 Å². The Labute approximate surface area is 77.7 Å². The van der Waals surface area contributed by atoms with Crippen LogP contribution in [0.15, 0.2) is 0 Å². The Bertz CT molecular complexity index is 107. The van der Waals surface area contributed by atoms with Gasteiger partial charge < -0.3 is 0 Å². The third kappa shape index (κ3) is 2.50. The zero-order chi connectivity index (χ0) is 8.97. The maximum Gasteiger partial charge on any atom is -0.0363 e. The highest BCUT2D eigenvalue weighted by Gasteiger charge is 2.26. The van der Waals surface area contributed by atoms with E-state index in [1.165, 1.54) is 32.1 Å². The lowest BCUT2D eigenvalue weighted by Crippen LogP contribution is -2.24. The van der Waals surface area contributed by atoms with Crippen molar-refractivity contribution in [1.82, 2.24) is 0 Å². The van der Waals surface area contributed by atoms with Crippen LogP contribution in [0.4, 0.5) is 0 Å². The first-order valence-electron chi connectivity index (χ1n) is 5.53. The fraction of sp³-hybridized carbons (Fsp3) is 0.917. The van der Waals surface area contributed by atoms with Gasteiger partial charge in [0, 0.05) is 0 Å². The van der Waals surface area contributed by atoms with Crippen LogP contribution in [0.2, 0.25) is 0 Å². The summed E-state index contributed by atoms with van der Waals surface area (Å²) in [5.41, 5.74) is 0. The molecule has 1 fully saturated rings. The molecule has 71 valence electrons. The fourth-order valence-electron chi connectivity index (χ4n) is 2.68. The fourth-order valence-corrected chi connectivity index (χ4v) is 2.68. The summed E-state index contributed by atoms with van der Waals surface area (Å²) in [4.78, 5) is 0. The summed E-state index contributed by atoms with van der Waals surface area (Å²) in [7, 11) is 0. The molecule has 1 aliphatic rings. The second-order valence-electron chi connectivity index (χ2n) is 4.53. The molecule has 0 nitrogen and oxygen atoms in total. The summed E-state index contributed by atoms with van der Waals surface area (Å²) < 4.78 is 0. The zero-order valence-electron chi connectivity index (χ0n) is 8.84. The molecule has 0 aliphatic heterocycles. The molecule has 0 aromatic carbocycles. The first-order valence-corrected chi connectivity index (χ1v) is 5.53. The van der Waals surface area contributed by atoms with Crippen molar-refractivity contribution in [3.63, 3.8) is 0 Å². The van der Waals surface area contributed by atoms with E-state index < -0.39 is 0 Å². The molecule has 0 saturated heterocycles. The number of rotatable bonds is 3. The minimum absolute atomic E-state index is 0.980. The van der Waals surface area contributed by atoms with Crippen molar-refractivity contribution in [2.45, 2.75) is 52.9 Å². The van der Waals surface area contributed by atoms with Crippen LogP contribution in [0.5, 0.6) is 0 Å². The summed E-state index contributed by atoms with van der Waals surface area (Å²) in [6.07, 6.45) is 9.47. The summed E-state index contributed by atoms with van der Waals surface area (Å²) in [5.74, 6) is 2.97. The number of hydrogen-bond donors (Lipinski definition) is 0. The SMILES string of the molecule is C[CH]CCC1C(C)CCCC1C. The first-order chi connectivity index (χ1) is 5.75. The van der Waals surface area contributed by atoms with Crippen LogP contribution in [0.25, 0.3) is 0 Å². The molecule has 0 N–H and O–H groups in total. The minimum atomic E-state index is 0.980. The Balaban J connectivity index is 2.34. The summed E-state index contributed by atoms with van der Waals surface area (Å²) in [5, 5.41) is 0. The lowest BCUT2D eigenvalue weighted by Gasteiger charge is -2.34. The van der Waals surface area contributed by atoms with E-state index >= 15 is 0 Å². The molecule has 0 aromatic heterocycles. The van der Waals surface area contributed by atoms with E-state index in [1.54, 1.807) is 0 Å². The molecule has 1 saturated carbocycles. The van der Waals surface area contributed by atoms with Crippen molar-refractivity contribution in [1.29, 1.82) is 0 Å². The quantitative estimate of drug-likeness (QED) is 0.594. The Morgan fingerprint density at radius 3 is 2.25 bits per heavy atom. The third-order valence-electron chi connectivity index (χ3n) is 3.57. The second-order valence-corrected chi connectivity index (χ2v) is 4.53. The Kier molecular flexibility index (Phi) is 4.11. The van der Waals surface area contributed by atoms with E-state index in [0.717, 1.165) is 17.8 Å². The molecule has 1 radical (unpaired) electrons. The van der Waals surface area contributed by atoms with Crippen LogP contribution >= 0.6 is 0 Å². The van der Waals surface area contributed by atoms with Gasteiger partial charge in [0.05, 0.1) is 0 Å². The molecule has 1 aliphatic carbocycles. The van der Waals surface area contributed by atoms with Crippen LogP contribution in [0, 0.1) is 24.2 Å². The lowest BCUT2D eigenvalue weighted by molar-refractivity contribution is 0.168. The van der Waals surface area contributed by atoms with E-state index in [4.69, 9.17) is 0 Å². The summed E-state index contributed by atoms with van der Waals surface area (Å²) in [6, 6.07) is 0. The van der Waals surface area contributed by atoms with Gasteiger partial charge in [-0.25, -0.2) is 0 Å². The highest BCUT2D eigenvalue weighted by Crippen LogP contribution is 2.37. The maximum atomic E-state index is 2.44. The zero-order valence-corrected chi connectivity index (χ0v) is 8.84. The first kappa shape index (κ1) is 10.1. The Morgan fingerprint density at radius 1 is 1.17 bits per heavy atom. The molecular formula is C12H23. The van der Waals surface area contributed by atoms with Crippen LogP contribution in [-0.4, -0.2) is 0 Å². The average molecular weight is 167 g/mol. The number of unbranched alkanes of at least 4 members (excludes halogenated alkanes) is 1. The minimum Gasteiger partial charge on any atom is -0.0623 e. The Hall–Kier alpha value is 0. The summed E-state index contributed by atoms with van der Waals surface area (Å²) >= 11 is 0. The highest BCUT2D eigenvalue weighted by molar-refractivity contribution is 4.78. The molecular weight excluding hydrogens is 144 g/mol. The van der Waals surface area contributed by atoms with E-state index in [0.29, 0.717) is 0 Å². The molecule has 12 heavy (non-hydrogen) atoms. The largest absolute Gasteiger partial charge is 0.0623 e. The van der Waals surface area contributed by atoms with Crippen LogP contribution in [-0.2, 0) is 0 Å². The topological polar surface area (TPSA) is 0 Å². The third-order valence-corrected chi connectivity index (χ3v) is 3.57. The molecule has 1 rings (SSSR count). The van der Waals surface area contributed by atoms with Crippen LogP contribution in [0.1, 0.15) is 52.9 Å². The maximum absolute atomic E-state index is 2.44. The molecule has 0 spiro atoms. The van der Waals surface area contributed by atoms with Gasteiger partial charge in [0.2, 0.25) is 0 Å². The van der Waals surface area contributed by atoms with Gasteiger partial charge in [-0.15, -0.1) is 0 Å². The molecule has 0 heterocycles. The van der Waals surface area contributed by atoms with Gasteiger partial charge in [-0.2, -0.15) is 0 Å². The van der Waals surface area contributed by atoms with Crippen molar-refractivity contribution in [3.05, 3.63) is 6.42 Å². The van der Waals surface area contributed by atoms with E-state index in [-0.39, 0.29) is 0 Å². The predicted octanol–water partition coefficient (Wildman–Crippen LogP) is 4.06. The molecule has 0 bridgehead atoms. The van der Waals surface area contributed by atoms with Gasteiger partial charge in [-0.3, -0.25) is 0 Å². The van der Waals surface area contributed by atoms with Gasteiger partial charge in [0.25, 0.3) is 0 Å². The lowest BCUT2D eigenvalue weighted by atomic mass is 9.71. The van der Waals surface area contributed by atoms with Crippen LogP contribution < -0.4 is 0 Å². The predicted molar refractivity (Wildman–Crippen MR) is 54.9 cm³/mol. The van der Waals surface area contributed by atoms with E-state index in [1.807, 2.05) is 0 Å². The monoisotopic (exact) mass is 167 g/mol. The van der Waals surface area contributed by atoms with Crippen molar-refractivity contribution in [3.8, 4) is 0 Å². The van der Waals surface area contributed by atoms with Gasteiger partial charge in [0.15, 0.2) is 0 Å². The normalized spacial score (nSPS) is 36.8. The van der Waals surface area contributed by atoms with Gasteiger partial charge >= 0.3 is 0 Å². The van der Waals surface area contributed by atoms with Gasteiger partial charge in [0.1, 0.15) is 0 Å². The van der Waals surface area contributed by atoms with Crippen molar-refractivity contribution in [2.24, 2.45) is 17.8 Å². The summed E-state index contributed by atoms with van der Waals surface area (Å²) in [6.45, 7) is 7.06. The molecule has 0 heteroatoms. The van der Waals surface area contributed by atoms with Crippen molar-refractivity contribution >= 4 is 0 Å². The Morgan fingerprint density at radius 2 is 1.75 bits per heavy atom. The average Bonchev–Trinajstić information content (AvgIpc) is 2.04. The second kappa shape index (κ2) is 4.89. The van der Waals surface area contributed by atoms with Gasteiger partial charge in [-0.1, -0.05) is 46.5 Å². The van der Waals surface area contributed by atoms with E-state index in [9.17, 15) is 0 Å².